The second-order valence-corrected chi connectivity index (χ2v) is 3.67. The van der Waals surface area contributed by atoms with Gasteiger partial charge in [-0.2, -0.15) is 0 Å². The van der Waals surface area contributed by atoms with E-state index in [0.29, 0.717) is 6.42 Å². The van der Waals surface area contributed by atoms with Gasteiger partial charge in [0.15, 0.2) is 0 Å². The first kappa shape index (κ1) is 11.7. The van der Waals surface area contributed by atoms with Crippen LogP contribution >= 0.6 is 11.6 Å². The normalized spacial score (nSPS) is 11.3. The van der Waals surface area contributed by atoms with Gasteiger partial charge in [0.1, 0.15) is 6.29 Å². The molecule has 1 unspecified atom stereocenters. The number of alkyl halides is 1. The average Bonchev–Trinajstić information content (AvgIpc) is 2.27. The molecule has 0 aliphatic heterocycles. The topological polar surface area (TPSA) is 17.1 Å². The molecule has 2 heteroatoms. The van der Waals surface area contributed by atoms with Crippen molar-refractivity contribution in [2.45, 2.75) is 11.8 Å². The fourth-order valence-electron chi connectivity index (χ4n) is 1.14. The van der Waals surface area contributed by atoms with E-state index in [4.69, 9.17) is 11.6 Å². The van der Waals surface area contributed by atoms with Crippen molar-refractivity contribution in [1.29, 1.82) is 0 Å². The predicted octanol–water partition coefficient (Wildman–Crippen LogP) is 3.16. The van der Waals surface area contributed by atoms with Gasteiger partial charge in [-0.1, -0.05) is 54.6 Å². The number of rotatable bonds is 3. The van der Waals surface area contributed by atoms with Gasteiger partial charge in [-0.3, -0.25) is 0 Å². The molecule has 0 aliphatic rings. The van der Waals surface area contributed by atoms with Crippen LogP contribution in [0.15, 0.2) is 54.6 Å². The quantitative estimate of drug-likeness (QED) is 0.565. The van der Waals surface area contributed by atoms with Crippen LogP contribution in [0.1, 0.15) is 5.56 Å². The van der Waals surface area contributed by atoms with Crippen LogP contribution in [-0.4, -0.2) is 11.7 Å². The number of halogens is 1. The van der Waals surface area contributed by atoms with Crippen molar-refractivity contribution < 1.29 is 4.79 Å². The minimum absolute atomic E-state index is 0.447. The van der Waals surface area contributed by atoms with Crippen molar-refractivity contribution in [3.8, 4) is 0 Å². The van der Waals surface area contributed by atoms with Crippen molar-refractivity contribution in [1.82, 2.24) is 0 Å². The minimum Gasteiger partial charge on any atom is -0.302 e. The van der Waals surface area contributed by atoms with Gasteiger partial charge in [-0.15, -0.1) is 11.6 Å². The first-order valence-corrected chi connectivity index (χ1v) is 5.23. The standard InChI is InChI=1S/C13H13ClO/c14-13(11-15)10-12-8-6-4-2-1-3-5-7-9-12/h1-9,11,13H,10H2. The van der Waals surface area contributed by atoms with Crippen LogP contribution in [0.2, 0.25) is 0 Å². The van der Waals surface area contributed by atoms with Crippen LogP contribution < -0.4 is 0 Å². The molecule has 78 valence electrons. The number of carbonyl (C=O) groups is 1. The molecule has 0 amide bonds. The van der Waals surface area contributed by atoms with E-state index in [0.717, 1.165) is 11.8 Å². The van der Waals surface area contributed by atoms with Gasteiger partial charge in [0, 0.05) is 0 Å². The number of hydrogen-bond donors (Lipinski definition) is 0. The molecule has 1 atom stereocenters. The summed E-state index contributed by atoms with van der Waals surface area (Å²) in [7, 11) is 0. The summed E-state index contributed by atoms with van der Waals surface area (Å²) < 4.78 is 0. The van der Waals surface area contributed by atoms with Gasteiger partial charge in [0.05, 0.1) is 5.38 Å². The monoisotopic (exact) mass is 220 g/mol. The lowest BCUT2D eigenvalue weighted by molar-refractivity contribution is -0.107. The Labute approximate surface area is 95.0 Å². The molecule has 1 nitrogen and oxygen atoms in total. The van der Waals surface area contributed by atoms with Crippen LogP contribution in [0.4, 0.5) is 0 Å². The van der Waals surface area contributed by atoms with Crippen LogP contribution in [0, 0.1) is 0 Å². The van der Waals surface area contributed by atoms with Crippen molar-refractivity contribution in [2.75, 3.05) is 0 Å². The smallest absolute Gasteiger partial charge is 0.138 e. The summed E-state index contributed by atoms with van der Waals surface area (Å²) in [5.74, 6) is 0. The molecule has 0 bridgehead atoms. The summed E-state index contributed by atoms with van der Waals surface area (Å²) >= 11 is 5.77. The maximum Gasteiger partial charge on any atom is 0.138 e. The van der Waals surface area contributed by atoms with Gasteiger partial charge >= 0.3 is 0 Å². The Hall–Kier alpha value is -1.34. The molecule has 0 aromatic heterocycles. The highest BCUT2D eigenvalue weighted by Crippen LogP contribution is 2.04. The summed E-state index contributed by atoms with van der Waals surface area (Å²) in [5, 5.41) is -0.447. The highest BCUT2D eigenvalue weighted by atomic mass is 35.5. The fraction of sp³-hybridized carbons (Fsp3) is 0.154. The summed E-state index contributed by atoms with van der Waals surface area (Å²) in [5.41, 5.74) is 1.04. The highest BCUT2D eigenvalue weighted by Gasteiger charge is 2.01. The van der Waals surface area contributed by atoms with Crippen LogP contribution in [-0.2, 0) is 11.2 Å². The van der Waals surface area contributed by atoms with E-state index >= 15 is 0 Å². The Morgan fingerprint density at radius 1 is 1.00 bits per heavy atom. The molecule has 1 aromatic rings. The molecule has 15 heavy (non-hydrogen) atoms. The summed E-state index contributed by atoms with van der Waals surface area (Å²) in [6, 6.07) is 17.5. The SMILES string of the molecule is O=CC(Cl)Cc1ccccccccc1. The van der Waals surface area contributed by atoms with E-state index in [1.807, 2.05) is 54.6 Å². The molecule has 0 saturated heterocycles. The lowest BCUT2D eigenvalue weighted by Gasteiger charge is -1.98. The molecule has 1 aromatic carbocycles. The number of carbonyl (C=O) groups excluding carboxylic acids is 1. The molecule has 0 radical (unpaired) electrons. The van der Waals surface area contributed by atoms with E-state index in [-0.39, 0.29) is 0 Å². The predicted molar refractivity (Wildman–Crippen MR) is 63.5 cm³/mol. The zero-order valence-corrected chi connectivity index (χ0v) is 9.10. The Bertz CT molecular complexity index is 337. The number of aldehydes is 1. The molecule has 0 N–H and O–H groups in total. The van der Waals surface area contributed by atoms with Crippen LogP contribution in [0.5, 0.6) is 0 Å². The molecule has 0 heterocycles. The van der Waals surface area contributed by atoms with Crippen molar-refractivity contribution >= 4 is 17.9 Å². The third-order valence-electron chi connectivity index (χ3n) is 1.87. The van der Waals surface area contributed by atoms with Crippen molar-refractivity contribution in [3.05, 3.63) is 60.2 Å². The summed E-state index contributed by atoms with van der Waals surface area (Å²) in [4.78, 5) is 10.4. The summed E-state index contributed by atoms with van der Waals surface area (Å²) in [6.45, 7) is 0. The molecule has 0 saturated carbocycles. The van der Waals surface area contributed by atoms with Gasteiger partial charge in [-0.25, -0.2) is 0 Å². The maximum absolute atomic E-state index is 10.4. The van der Waals surface area contributed by atoms with Crippen molar-refractivity contribution in [2.24, 2.45) is 0 Å². The Balaban J connectivity index is 2.93. The third kappa shape index (κ3) is 5.18. The Morgan fingerprint density at radius 3 is 1.93 bits per heavy atom. The van der Waals surface area contributed by atoms with Crippen LogP contribution in [0.3, 0.4) is 0 Å². The Morgan fingerprint density at radius 2 is 1.47 bits per heavy atom. The Kier molecular flexibility index (Phi) is 5.49. The second-order valence-electron chi connectivity index (χ2n) is 3.11. The van der Waals surface area contributed by atoms with E-state index in [1.54, 1.807) is 0 Å². The zero-order chi connectivity index (χ0) is 10.9. The second kappa shape index (κ2) is 7.02. The highest BCUT2D eigenvalue weighted by molar-refractivity contribution is 6.27. The molecular formula is C13H13ClO. The zero-order valence-electron chi connectivity index (χ0n) is 8.34. The van der Waals surface area contributed by atoms with Gasteiger partial charge < -0.3 is 4.79 Å². The largest absolute Gasteiger partial charge is 0.302 e. The molecule has 0 fully saturated rings. The van der Waals surface area contributed by atoms with E-state index < -0.39 is 5.38 Å². The first-order chi connectivity index (χ1) is 7.33. The van der Waals surface area contributed by atoms with Gasteiger partial charge in [0.2, 0.25) is 0 Å². The minimum atomic E-state index is -0.447. The first-order valence-electron chi connectivity index (χ1n) is 4.79. The summed E-state index contributed by atoms with van der Waals surface area (Å²) in [6.07, 6.45) is 1.32. The molecule has 1 rings (SSSR count). The molecular weight excluding hydrogens is 208 g/mol. The van der Waals surface area contributed by atoms with E-state index in [9.17, 15) is 4.79 Å². The maximum atomic E-state index is 10.4. The van der Waals surface area contributed by atoms with Crippen molar-refractivity contribution in [3.63, 3.8) is 0 Å². The third-order valence-corrected chi connectivity index (χ3v) is 2.12. The molecule has 0 spiro atoms. The van der Waals surface area contributed by atoms with Gasteiger partial charge in [-0.05, 0) is 12.0 Å². The lowest BCUT2D eigenvalue weighted by Crippen LogP contribution is -2.03. The number of hydrogen-bond acceptors (Lipinski definition) is 1. The average molecular weight is 221 g/mol. The van der Waals surface area contributed by atoms with Gasteiger partial charge in [0.25, 0.3) is 0 Å². The van der Waals surface area contributed by atoms with E-state index in [2.05, 4.69) is 0 Å². The lowest BCUT2D eigenvalue weighted by atomic mass is 10.1. The fourth-order valence-corrected chi connectivity index (χ4v) is 1.32. The van der Waals surface area contributed by atoms with E-state index in [1.165, 1.54) is 0 Å². The molecule has 0 aliphatic carbocycles. The van der Waals surface area contributed by atoms with Crippen LogP contribution in [0.25, 0.3) is 0 Å².